The van der Waals surface area contributed by atoms with E-state index in [0.29, 0.717) is 0 Å². The van der Waals surface area contributed by atoms with E-state index in [4.69, 9.17) is 15.1 Å². The van der Waals surface area contributed by atoms with Gasteiger partial charge in [0.25, 0.3) is 23.6 Å². The summed E-state index contributed by atoms with van der Waals surface area (Å²) in [5.74, 6) is -4.88. The summed E-state index contributed by atoms with van der Waals surface area (Å²) >= 11 is 0.947. The van der Waals surface area contributed by atoms with Gasteiger partial charge in [0.2, 0.25) is 5.60 Å². The summed E-state index contributed by atoms with van der Waals surface area (Å²) in [6.07, 6.45) is 0. The summed E-state index contributed by atoms with van der Waals surface area (Å²) in [6.45, 7) is 3.77. The molecule has 0 aliphatic carbocycles. The fraction of sp³-hybridized carbons (Fsp3) is 0.300. The highest BCUT2D eigenvalue weighted by atomic mass is 32.2. The highest BCUT2D eigenvalue weighted by Crippen LogP contribution is 2.25. The van der Waals surface area contributed by atoms with E-state index in [-0.39, 0.29) is 20.7 Å². The number of hydrogen-bond acceptors (Lipinski definition) is 13. The summed E-state index contributed by atoms with van der Waals surface area (Å²) in [6, 6.07) is 0.794. The van der Waals surface area contributed by atoms with Gasteiger partial charge < -0.3 is 26.1 Å². The number of nitrogens with zero attached hydrogens (tertiary/aromatic N) is 3. The number of aromatic hydroxyl groups is 2. The molecule has 0 saturated carbocycles. The molecule has 1 saturated heterocycles. The van der Waals surface area contributed by atoms with Gasteiger partial charge in [0.05, 0.1) is 6.04 Å². The molecule has 3 rings (SSSR count). The molecule has 4 amide bonds. The molecular formula is C20H23N7O10S2. The average Bonchev–Trinajstić information content (AvgIpc) is 3.27. The molecule has 1 fully saturated rings. The first kappa shape index (κ1) is 29.1. The fourth-order valence-electron chi connectivity index (χ4n) is 3.12. The number of hydrogen-bond donors (Lipinski definition) is 7. The molecule has 1 aliphatic rings. The number of thiazole rings is 1. The third-order valence-corrected chi connectivity index (χ3v) is 6.97. The number of nitrogens with two attached hydrogens (primary N) is 1. The first-order valence-electron chi connectivity index (χ1n) is 10.7. The zero-order chi connectivity index (χ0) is 29.3. The van der Waals surface area contributed by atoms with Crippen LogP contribution in [0.3, 0.4) is 0 Å². The van der Waals surface area contributed by atoms with E-state index >= 15 is 0 Å². The Hall–Kier alpha value is -4.49. The van der Waals surface area contributed by atoms with Crippen molar-refractivity contribution >= 4 is 56.1 Å². The van der Waals surface area contributed by atoms with Crippen LogP contribution in [0.2, 0.25) is 0 Å². The van der Waals surface area contributed by atoms with E-state index in [9.17, 15) is 37.8 Å². The van der Waals surface area contributed by atoms with Gasteiger partial charge in [0, 0.05) is 10.9 Å². The normalized spacial score (nSPS) is 17.7. The van der Waals surface area contributed by atoms with E-state index in [1.807, 2.05) is 0 Å². The van der Waals surface area contributed by atoms with Crippen molar-refractivity contribution in [2.24, 2.45) is 5.16 Å². The average molecular weight is 586 g/mol. The Balaban J connectivity index is 1.72. The van der Waals surface area contributed by atoms with Crippen molar-refractivity contribution in [3.05, 3.63) is 34.8 Å². The number of oxime groups is 1. The summed E-state index contributed by atoms with van der Waals surface area (Å²) in [5, 5.41) is 26.2. The maximum Gasteiger partial charge on any atom is 0.362 e. The van der Waals surface area contributed by atoms with Crippen LogP contribution in [0.1, 0.15) is 36.8 Å². The first-order valence-corrected chi connectivity index (χ1v) is 13.0. The Labute approximate surface area is 224 Å². The van der Waals surface area contributed by atoms with Gasteiger partial charge in [-0.2, -0.15) is 8.42 Å². The van der Waals surface area contributed by atoms with Crippen LogP contribution in [-0.4, -0.2) is 79.5 Å². The largest absolute Gasteiger partial charge is 0.504 e. The second-order valence-electron chi connectivity index (χ2n) is 8.53. The van der Waals surface area contributed by atoms with Crippen molar-refractivity contribution in [1.29, 1.82) is 0 Å². The van der Waals surface area contributed by atoms with Crippen LogP contribution in [-0.2, 0) is 29.5 Å². The molecule has 0 radical (unpaired) electrons. The molecule has 0 bridgehead atoms. The van der Waals surface area contributed by atoms with Gasteiger partial charge in [-0.1, -0.05) is 5.16 Å². The van der Waals surface area contributed by atoms with Crippen molar-refractivity contribution in [1.82, 2.24) is 25.5 Å². The quantitative estimate of drug-likeness (QED) is 0.0621. The Morgan fingerprint density at radius 1 is 1.21 bits per heavy atom. The molecule has 19 heteroatoms. The van der Waals surface area contributed by atoms with Gasteiger partial charge in [-0.3, -0.25) is 34.6 Å². The zero-order valence-corrected chi connectivity index (χ0v) is 22.0. The van der Waals surface area contributed by atoms with E-state index < -0.39 is 68.8 Å². The molecule has 17 nitrogen and oxygen atoms in total. The molecule has 210 valence electrons. The molecule has 0 unspecified atom stereocenters. The Morgan fingerprint density at radius 3 is 2.41 bits per heavy atom. The topological polar surface area (TPSA) is 263 Å². The van der Waals surface area contributed by atoms with Gasteiger partial charge in [-0.15, -0.1) is 11.3 Å². The van der Waals surface area contributed by atoms with Gasteiger partial charge in [0.1, 0.15) is 11.7 Å². The van der Waals surface area contributed by atoms with E-state index in [1.165, 1.54) is 32.2 Å². The Morgan fingerprint density at radius 2 is 1.87 bits per heavy atom. The minimum Gasteiger partial charge on any atom is -0.504 e. The number of amides is 4. The van der Waals surface area contributed by atoms with Crippen molar-refractivity contribution in [2.75, 3.05) is 5.73 Å². The molecule has 2 heterocycles. The number of anilines is 1. The number of benzene rings is 1. The van der Waals surface area contributed by atoms with Crippen LogP contribution in [0.5, 0.6) is 11.5 Å². The second-order valence-corrected chi connectivity index (χ2v) is 10.7. The lowest BCUT2D eigenvalue weighted by atomic mass is 10.0. The highest BCUT2D eigenvalue weighted by molar-refractivity contribution is 7.84. The van der Waals surface area contributed by atoms with Gasteiger partial charge in [-0.05, 0) is 39.0 Å². The molecule has 1 aromatic heterocycles. The predicted molar refractivity (Wildman–Crippen MR) is 133 cm³/mol. The van der Waals surface area contributed by atoms with Crippen LogP contribution >= 0.6 is 11.3 Å². The minimum absolute atomic E-state index is 0.0520. The van der Waals surface area contributed by atoms with Crippen molar-refractivity contribution < 1.29 is 47.2 Å². The third kappa shape index (κ3) is 6.33. The second kappa shape index (κ2) is 10.7. The Kier molecular flexibility index (Phi) is 7.98. The smallest absolute Gasteiger partial charge is 0.362 e. The number of phenols is 2. The van der Waals surface area contributed by atoms with Crippen LogP contribution in [0.4, 0.5) is 5.13 Å². The number of hydrazine groups is 1. The van der Waals surface area contributed by atoms with Crippen LogP contribution in [0, 0.1) is 0 Å². The van der Waals surface area contributed by atoms with Crippen LogP contribution < -0.4 is 21.9 Å². The molecule has 2 aromatic rings. The lowest BCUT2D eigenvalue weighted by Crippen LogP contribution is -2.71. The van der Waals surface area contributed by atoms with Crippen LogP contribution in [0.25, 0.3) is 0 Å². The maximum absolute atomic E-state index is 12.9. The number of phenolic OH excluding ortho intramolecular Hbond substituents is 2. The lowest BCUT2D eigenvalue weighted by molar-refractivity contribution is -0.144. The molecule has 2 atom stereocenters. The molecule has 8 N–H and O–H groups in total. The van der Waals surface area contributed by atoms with Gasteiger partial charge in [0.15, 0.2) is 22.3 Å². The van der Waals surface area contributed by atoms with Crippen LogP contribution in [0.15, 0.2) is 28.7 Å². The molecule has 39 heavy (non-hydrogen) atoms. The third-order valence-electron chi connectivity index (χ3n) is 5.29. The molecular weight excluding hydrogens is 562 g/mol. The van der Waals surface area contributed by atoms with Gasteiger partial charge in [-0.25, -0.2) is 9.29 Å². The lowest BCUT2D eigenvalue weighted by Gasteiger charge is -2.42. The van der Waals surface area contributed by atoms with E-state index in [1.54, 1.807) is 0 Å². The zero-order valence-electron chi connectivity index (χ0n) is 20.4. The number of aromatic nitrogens is 1. The summed E-state index contributed by atoms with van der Waals surface area (Å²) < 4.78 is 31.9. The maximum atomic E-state index is 12.9. The molecule has 1 aliphatic heterocycles. The summed E-state index contributed by atoms with van der Waals surface area (Å²) in [4.78, 5) is 59.1. The summed E-state index contributed by atoms with van der Waals surface area (Å²) in [7, 11) is -4.82. The number of nitrogen functional groups attached to an aromatic ring is 1. The Bertz CT molecular complexity index is 1470. The fourth-order valence-corrected chi connectivity index (χ4v) is 4.55. The van der Waals surface area contributed by atoms with Gasteiger partial charge >= 0.3 is 10.3 Å². The number of rotatable bonds is 8. The number of carbonyl (C=O) groups excluding carboxylic acids is 4. The number of β-lactam (4-membered cyclic amide) rings is 1. The standard InChI is InChI=1S/C20H23N7O10S2/c1-8-13(17(32)27(8)39(34,35)36)23-16(31)14(10-7-38-19(21)22-10)26-37-20(2,3)18(33)25-24-15(30)9-4-5-11(28)12(29)6-9/h4-8,13,28-29H,1-3H3,(H2,21,22)(H,23,31)(H,24,30)(H,25,33)(H,34,35,36)/b26-14-/t8-,13-/m0/s1. The van der Waals surface area contributed by atoms with Crippen molar-refractivity contribution in [2.45, 2.75) is 38.5 Å². The summed E-state index contributed by atoms with van der Waals surface area (Å²) in [5.41, 5.74) is 7.30. The number of carbonyl (C=O) groups is 4. The first-order chi connectivity index (χ1) is 18.0. The predicted octanol–water partition coefficient (Wildman–Crippen LogP) is -1.38. The SMILES string of the molecule is C[C@H]1[C@H](NC(=O)/C(=N\OC(C)(C)C(=O)NNC(=O)c2ccc(O)c(O)c2)c2csc(N)n2)C(=O)N1S(=O)(=O)O. The van der Waals surface area contributed by atoms with Crippen molar-refractivity contribution in [3.63, 3.8) is 0 Å². The number of nitrogens with one attached hydrogen (secondary N) is 3. The van der Waals surface area contributed by atoms with E-state index in [2.05, 4.69) is 26.3 Å². The van der Waals surface area contributed by atoms with E-state index in [0.717, 1.165) is 23.5 Å². The molecule has 1 aromatic carbocycles. The molecule has 0 spiro atoms. The van der Waals surface area contributed by atoms with Crippen molar-refractivity contribution in [3.8, 4) is 11.5 Å². The highest BCUT2D eigenvalue weighted by Gasteiger charge is 2.51. The minimum atomic E-state index is -4.82. The monoisotopic (exact) mass is 585 g/mol.